The summed E-state index contributed by atoms with van der Waals surface area (Å²) < 4.78 is 116. The van der Waals surface area contributed by atoms with Crippen molar-refractivity contribution in [2.45, 2.75) is 24.2 Å². The van der Waals surface area contributed by atoms with Gasteiger partial charge in [-0.1, -0.05) is 0 Å². The summed E-state index contributed by atoms with van der Waals surface area (Å²) in [6, 6.07) is 0. The molecule has 0 N–H and O–H groups in total. The van der Waals surface area contributed by atoms with Crippen molar-refractivity contribution < 1.29 is 43.9 Å². The summed E-state index contributed by atoms with van der Waals surface area (Å²) in [6.45, 7) is 0. The monoisotopic (exact) mass is 262 g/mol. The van der Waals surface area contributed by atoms with E-state index in [0.29, 0.717) is 0 Å². The second kappa shape index (κ2) is 3.71. The van der Waals surface area contributed by atoms with Crippen LogP contribution in [0.25, 0.3) is 0 Å². The summed E-state index contributed by atoms with van der Waals surface area (Å²) in [4.78, 5) is 0. The van der Waals surface area contributed by atoms with Gasteiger partial charge in [0, 0.05) is 5.92 Å². The Morgan fingerprint density at radius 2 is 0.938 bits per heavy atom. The second-order valence-electron chi connectivity index (χ2n) is 2.39. The van der Waals surface area contributed by atoms with E-state index < -0.39 is 30.1 Å². The fourth-order valence-electron chi connectivity index (χ4n) is 0.406. The van der Waals surface area contributed by atoms with Crippen LogP contribution in [0.4, 0.5) is 43.9 Å². The first-order chi connectivity index (χ1) is 6.71. The average Bonchev–Trinajstić information content (AvgIpc) is 1.97. The number of halogens is 10. The van der Waals surface area contributed by atoms with Crippen LogP contribution in [-0.4, -0.2) is 24.2 Å². The van der Waals surface area contributed by atoms with Crippen molar-refractivity contribution in [2.24, 2.45) is 0 Å². The van der Waals surface area contributed by atoms with E-state index in [4.69, 9.17) is 0 Å². The molecule has 10 heteroatoms. The number of hydrogen-bond acceptors (Lipinski definition) is 0. The Balaban J connectivity index is 5.28. The normalized spacial score (nSPS) is 14.4. The molecule has 0 spiro atoms. The van der Waals surface area contributed by atoms with Crippen LogP contribution in [-0.2, 0) is 0 Å². The third kappa shape index (κ3) is 3.18. The minimum absolute atomic E-state index is 0.340. The topological polar surface area (TPSA) is 0 Å². The molecule has 0 fully saturated rings. The molecule has 0 aliphatic carbocycles. The van der Waals surface area contributed by atoms with Gasteiger partial charge in [-0.05, 0) is 5.92 Å². The van der Waals surface area contributed by atoms with Gasteiger partial charge in [-0.2, -0.15) is 43.9 Å². The summed E-state index contributed by atoms with van der Waals surface area (Å²) >= 11 is 0. The zero-order chi connectivity index (χ0) is 13.4. The lowest BCUT2D eigenvalue weighted by atomic mass is 10.1. The van der Waals surface area contributed by atoms with Gasteiger partial charge in [0.25, 0.3) is 0 Å². The molecule has 0 aromatic rings. The van der Waals surface area contributed by atoms with Crippen molar-refractivity contribution in [3.8, 4) is 11.8 Å². The molecule has 0 atom stereocenters. The van der Waals surface area contributed by atoms with Crippen LogP contribution < -0.4 is 0 Å². The van der Waals surface area contributed by atoms with Gasteiger partial charge < -0.3 is 0 Å². The molecule has 16 heavy (non-hydrogen) atoms. The highest BCUT2D eigenvalue weighted by atomic mass is 19.4. The van der Waals surface area contributed by atoms with E-state index in [1.807, 2.05) is 0 Å². The smallest absolute Gasteiger partial charge is 0.188 e. The Morgan fingerprint density at radius 1 is 0.562 bits per heavy atom. The summed E-state index contributed by atoms with van der Waals surface area (Å²) in [5, 5.41) is 0. The molecule has 0 radical (unpaired) electrons. The number of alkyl halides is 10. The summed E-state index contributed by atoms with van der Waals surface area (Å²) in [5.41, 5.74) is 0. The molecular formula is C6F10. The molecule has 0 aliphatic rings. The van der Waals surface area contributed by atoms with Crippen LogP contribution in [0.3, 0.4) is 0 Å². The molecule has 0 heterocycles. The summed E-state index contributed by atoms with van der Waals surface area (Å²) in [5.74, 6) is -13.6. The van der Waals surface area contributed by atoms with Crippen LogP contribution in [0.15, 0.2) is 0 Å². The Bertz CT molecular complexity index is 307. The van der Waals surface area contributed by atoms with E-state index in [-0.39, 0.29) is 5.92 Å². The first-order valence-electron chi connectivity index (χ1n) is 3.14. The Morgan fingerprint density at radius 3 is 1.19 bits per heavy atom. The third-order valence-electron chi connectivity index (χ3n) is 1.11. The molecular weight excluding hydrogens is 262 g/mol. The van der Waals surface area contributed by atoms with E-state index in [0.717, 1.165) is 0 Å². The van der Waals surface area contributed by atoms with Crippen LogP contribution >= 0.6 is 0 Å². The van der Waals surface area contributed by atoms with Gasteiger partial charge in [-0.3, -0.25) is 0 Å². The molecule has 0 unspecified atom stereocenters. The Hall–Kier alpha value is -1.14. The number of rotatable bonds is 1. The number of hydrogen-bond donors (Lipinski definition) is 0. The van der Waals surface area contributed by atoms with Crippen molar-refractivity contribution in [3.63, 3.8) is 0 Å². The standard InChI is InChI=1S/C6F10/c7-3(8,1-2-4(9,10)11)5(12,13)6(14,15)16. The van der Waals surface area contributed by atoms with Gasteiger partial charge in [0.1, 0.15) is 0 Å². The summed E-state index contributed by atoms with van der Waals surface area (Å²) in [7, 11) is 0. The van der Waals surface area contributed by atoms with E-state index >= 15 is 0 Å². The predicted octanol–water partition coefficient (Wildman–Crippen LogP) is 3.38. The van der Waals surface area contributed by atoms with Crippen molar-refractivity contribution in [1.29, 1.82) is 0 Å². The molecule has 0 aromatic carbocycles. The van der Waals surface area contributed by atoms with Gasteiger partial charge >= 0.3 is 24.2 Å². The SMILES string of the molecule is FC(F)(F)C#CC(F)(F)C(F)(F)C(F)(F)F. The zero-order valence-electron chi connectivity index (χ0n) is 6.78. The fourth-order valence-corrected chi connectivity index (χ4v) is 0.406. The fraction of sp³-hybridized carbons (Fsp3) is 0.667. The zero-order valence-corrected chi connectivity index (χ0v) is 6.78. The molecule has 0 saturated heterocycles. The first kappa shape index (κ1) is 14.9. The molecule has 0 amide bonds. The van der Waals surface area contributed by atoms with Crippen molar-refractivity contribution >= 4 is 0 Å². The highest BCUT2D eigenvalue weighted by molar-refractivity contribution is 5.18. The maximum Gasteiger partial charge on any atom is 0.461 e. The molecule has 0 saturated carbocycles. The second-order valence-corrected chi connectivity index (χ2v) is 2.39. The third-order valence-corrected chi connectivity index (χ3v) is 1.11. The van der Waals surface area contributed by atoms with Gasteiger partial charge in [0.05, 0.1) is 0 Å². The molecule has 0 bridgehead atoms. The van der Waals surface area contributed by atoms with Crippen LogP contribution in [0, 0.1) is 11.8 Å². The molecule has 0 aromatic heterocycles. The lowest BCUT2D eigenvalue weighted by Crippen LogP contribution is -2.51. The molecule has 0 aliphatic heterocycles. The van der Waals surface area contributed by atoms with E-state index in [1.54, 1.807) is 0 Å². The van der Waals surface area contributed by atoms with Gasteiger partial charge in [0.2, 0.25) is 0 Å². The van der Waals surface area contributed by atoms with Crippen molar-refractivity contribution in [3.05, 3.63) is 0 Å². The van der Waals surface area contributed by atoms with Crippen molar-refractivity contribution in [1.82, 2.24) is 0 Å². The maximum atomic E-state index is 12.1. The van der Waals surface area contributed by atoms with Crippen LogP contribution in [0.2, 0.25) is 0 Å². The largest absolute Gasteiger partial charge is 0.461 e. The maximum absolute atomic E-state index is 12.1. The van der Waals surface area contributed by atoms with Gasteiger partial charge in [0.15, 0.2) is 0 Å². The Labute approximate surface area is 81.2 Å². The van der Waals surface area contributed by atoms with Crippen LogP contribution in [0.1, 0.15) is 0 Å². The van der Waals surface area contributed by atoms with Gasteiger partial charge in [-0.25, -0.2) is 0 Å². The quantitative estimate of drug-likeness (QED) is 0.502. The van der Waals surface area contributed by atoms with Crippen molar-refractivity contribution in [2.75, 3.05) is 0 Å². The lowest BCUT2D eigenvalue weighted by Gasteiger charge is -2.24. The minimum atomic E-state index is -6.70. The van der Waals surface area contributed by atoms with Gasteiger partial charge in [-0.15, -0.1) is 0 Å². The van der Waals surface area contributed by atoms with E-state index in [1.165, 1.54) is 0 Å². The highest BCUT2D eigenvalue weighted by Crippen LogP contribution is 2.46. The average molecular weight is 262 g/mol. The summed E-state index contributed by atoms with van der Waals surface area (Å²) in [6.07, 6.45) is -12.3. The van der Waals surface area contributed by atoms with Crippen LogP contribution in [0.5, 0.6) is 0 Å². The molecule has 0 nitrogen and oxygen atoms in total. The highest BCUT2D eigenvalue weighted by Gasteiger charge is 2.72. The molecule has 0 rings (SSSR count). The van der Waals surface area contributed by atoms with E-state index in [9.17, 15) is 43.9 Å². The first-order valence-corrected chi connectivity index (χ1v) is 3.14. The molecule has 94 valence electrons. The Kier molecular flexibility index (Phi) is 3.44. The minimum Gasteiger partial charge on any atom is -0.188 e. The predicted molar refractivity (Wildman–Crippen MR) is 29.8 cm³/mol. The lowest BCUT2D eigenvalue weighted by molar-refractivity contribution is -0.339. The van der Waals surface area contributed by atoms with E-state index in [2.05, 4.69) is 0 Å².